The first kappa shape index (κ1) is 15.8. The Hall–Kier alpha value is -3.07. The molecule has 0 aromatic heterocycles. The SMILES string of the molecule is C=C(Nc1cc(-c2ccc(F)cc2)ccc1N)c1ccc(C)cc1. The molecule has 0 saturated heterocycles. The van der Waals surface area contributed by atoms with Crippen molar-refractivity contribution in [1.82, 2.24) is 0 Å². The van der Waals surface area contributed by atoms with Crippen molar-refractivity contribution in [1.29, 1.82) is 0 Å². The molecule has 0 spiro atoms. The highest BCUT2D eigenvalue weighted by Gasteiger charge is 2.06. The summed E-state index contributed by atoms with van der Waals surface area (Å²) in [5.74, 6) is -0.250. The Bertz CT molecular complexity index is 865. The van der Waals surface area contributed by atoms with Gasteiger partial charge in [-0.05, 0) is 47.9 Å². The van der Waals surface area contributed by atoms with Gasteiger partial charge in [-0.3, -0.25) is 0 Å². The molecular formula is C21H19FN2. The molecule has 0 aliphatic carbocycles. The van der Waals surface area contributed by atoms with Gasteiger partial charge in [-0.25, -0.2) is 4.39 Å². The fourth-order valence-electron chi connectivity index (χ4n) is 2.48. The number of anilines is 2. The van der Waals surface area contributed by atoms with Crippen LogP contribution in [-0.2, 0) is 0 Å². The maximum atomic E-state index is 13.1. The van der Waals surface area contributed by atoms with Crippen molar-refractivity contribution in [2.75, 3.05) is 11.1 Å². The molecular weight excluding hydrogens is 299 g/mol. The lowest BCUT2D eigenvalue weighted by molar-refractivity contribution is 0.628. The van der Waals surface area contributed by atoms with E-state index in [1.807, 2.05) is 49.4 Å². The van der Waals surface area contributed by atoms with Gasteiger partial charge < -0.3 is 11.1 Å². The van der Waals surface area contributed by atoms with E-state index in [-0.39, 0.29) is 5.82 Å². The third-order valence-corrected chi connectivity index (χ3v) is 3.92. The Morgan fingerprint density at radius 1 is 0.917 bits per heavy atom. The molecule has 3 N–H and O–H groups in total. The second-order valence-electron chi connectivity index (χ2n) is 5.78. The fourth-order valence-corrected chi connectivity index (χ4v) is 2.48. The summed E-state index contributed by atoms with van der Waals surface area (Å²) < 4.78 is 13.1. The Balaban J connectivity index is 1.87. The number of hydrogen-bond donors (Lipinski definition) is 2. The average Bonchev–Trinajstić information content (AvgIpc) is 2.58. The number of nitrogen functional groups attached to an aromatic ring is 1. The van der Waals surface area contributed by atoms with Crippen LogP contribution in [0.1, 0.15) is 11.1 Å². The summed E-state index contributed by atoms with van der Waals surface area (Å²) in [7, 11) is 0. The van der Waals surface area contributed by atoms with Crippen molar-refractivity contribution in [3.05, 3.63) is 90.3 Å². The summed E-state index contributed by atoms with van der Waals surface area (Å²) in [5.41, 5.74) is 12.4. The van der Waals surface area contributed by atoms with Crippen LogP contribution in [0.15, 0.2) is 73.3 Å². The van der Waals surface area contributed by atoms with Gasteiger partial charge in [0.25, 0.3) is 0 Å². The molecule has 3 aromatic rings. The molecule has 3 aromatic carbocycles. The van der Waals surface area contributed by atoms with Crippen LogP contribution in [0.3, 0.4) is 0 Å². The molecule has 0 atom stereocenters. The Kier molecular flexibility index (Phi) is 4.34. The zero-order chi connectivity index (χ0) is 17.1. The number of benzene rings is 3. The van der Waals surface area contributed by atoms with Crippen molar-refractivity contribution in [2.24, 2.45) is 0 Å². The van der Waals surface area contributed by atoms with Gasteiger partial charge in [-0.2, -0.15) is 0 Å². The quantitative estimate of drug-likeness (QED) is 0.626. The van der Waals surface area contributed by atoms with Crippen LogP contribution < -0.4 is 11.1 Å². The highest BCUT2D eigenvalue weighted by molar-refractivity contribution is 5.84. The standard InChI is InChI=1S/C21H19FN2/c1-14-3-5-16(6-4-14)15(2)24-21-13-18(9-12-20(21)23)17-7-10-19(22)11-8-17/h3-13,24H,2,23H2,1H3. The largest absolute Gasteiger partial charge is 0.397 e. The molecule has 0 aliphatic heterocycles. The molecule has 3 heteroatoms. The minimum atomic E-state index is -0.250. The van der Waals surface area contributed by atoms with Gasteiger partial charge in [0.15, 0.2) is 0 Å². The van der Waals surface area contributed by atoms with Crippen molar-refractivity contribution >= 4 is 17.1 Å². The molecule has 0 fully saturated rings. The Morgan fingerprint density at radius 2 is 1.54 bits per heavy atom. The number of aryl methyl sites for hydroxylation is 1. The van der Waals surface area contributed by atoms with E-state index in [0.29, 0.717) is 5.69 Å². The molecule has 0 saturated carbocycles. The first-order chi connectivity index (χ1) is 11.5. The van der Waals surface area contributed by atoms with E-state index < -0.39 is 0 Å². The van der Waals surface area contributed by atoms with Gasteiger partial charge in [0.2, 0.25) is 0 Å². The Labute approximate surface area is 141 Å². The van der Waals surface area contributed by atoms with Crippen molar-refractivity contribution in [3.63, 3.8) is 0 Å². The first-order valence-electron chi connectivity index (χ1n) is 7.71. The highest BCUT2D eigenvalue weighted by Crippen LogP contribution is 2.29. The summed E-state index contributed by atoms with van der Waals surface area (Å²) in [6.45, 7) is 6.13. The first-order valence-corrected chi connectivity index (χ1v) is 7.71. The van der Waals surface area contributed by atoms with Gasteiger partial charge >= 0.3 is 0 Å². The third kappa shape index (κ3) is 3.46. The predicted octanol–water partition coefficient (Wildman–Crippen LogP) is 5.47. The van der Waals surface area contributed by atoms with Gasteiger partial charge in [-0.1, -0.05) is 54.6 Å². The maximum absolute atomic E-state index is 13.1. The maximum Gasteiger partial charge on any atom is 0.123 e. The number of rotatable bonds is 4. The van der Waals surface area contributed by atoms with Gasteiger partial charge in [0.1, 0.15) is 5.82 Å². The molecule has 120 valence electrons. The van der Waals surface area contributed by atoms with E-state index in [4.69, 9.17) is 5.73 Å². The summed E-state index contributed by atoms with van der Waals surface area (Å²) in [5, 5.41) is 3.27. The van der Waals surface area contributed by atoms with Crippen LogP contribution in [0.5, 0.6) is 0 Å². The molecule has 0 heterocycles. The van der Waals surface area contributed by atoms with Crippen LogP contribution >= 0.6 is 0 Å². The van der Waals surface area contributed by atoms with Gasteiger partial charge in [0.05, 0.1) is 11.4 Å². The molecule has 0 aliphatic rings. The predicted molar refractivity (Wildman–Crippen MR) is 100 cm³/mol. The van der Waals surface area contributed by atoms with Crippen molar-refractivity contribution in [3.8, 4) is 11.1 Å². The summed E-state index contributed by atoms with van der Waals surface area (Å²) in [6.07, 6.45) is 0. The highest BCUT2D eigenvalue weighted by atomic mass is 19.1. The minimum absolute atomic E-state index is 0.250. The summed E-state index contributed by atoms with van der Waals surface area (Å²) in [6, 6.07) is 20.2. The average molecular weight is 318 g/mol. The number of halogens is 1. The lowest BCUT2D eigenvalue weighted by Gasteiger charge is -2.14. The zero-order valence-electron chi connectivity index (χ0n) is 13.5. The lowest BCUT2D eigenvalue weighted by atomic mass is 10.0. The van der Waals surface area contributed by atoms with Crippen LogP contribution in [-0.4, -0.2) is 0 Å². The molecule has 0 unspecified atom stereocenters. The van der Waals surface area contributed by atoms with Crippen molar-refractivity contribution in [2.45, 2.75) is 6.92 Å². The normalized spacial score (nSPS) is 10.4. The fraction of sp³-hybridized carbons (Fsp3) is 0.0476. The monoisotopic (exact) mass is 318 g/mol. The van der Waals surface area contributed by atoms with Gasteiger partial charge in [0, 0.05) is 5.70 Å². The van der Waals surface area contributed by atoms with Gasteiger partial charge in [-0.15, -0.1) is 0 Å². The smallest absolute Gasteiger partial charge is 0.123 e. The van der Waals surface area contributed by atoms with E-state index in [2.05, 4.69) is 11.9 Å². The lowest BCUT2D eigenvalue weighted by Crippen LogP contribution is -2.01. The van der Waals surface area contributed by atoms with Crippen LogP contribution in [0.2, 0.25) is 0 Å². The second kappa shape index (κ2) is 6.59. The van der Waals surface area contributed by atoms with Crippen LogP contribution in [0.4, 0.5) is 15.8 Å². The van der Waals surface area contributed by atoms with E-state index in [0.717, 1.165) is 28.1 Å². The van der Waals surface area contributed by atoms with E-state index in [9.17, 15) is 4.39 Å². The zero-order valence-corrected chi connectivity index (χ0v) is 13.5. The summed E-state index contributed by atoms with van der Waals surface area (Å²) >= 11 is 0. The topological polar surface area (TPSA) is 38.0 Å². The van der Waals surface area contributed by atoms with Crippen LogP contribution in [0, 0.1) is 12.7 Å². The Morgan fingerprint density at radius 3 is 2.21 bits per heavy atom. The number of hydrogen-bond acceptors (Lipinski definition) is 2. The molecule has 2 nitrogen and oxygen atoms in total. The third-order valence-electron chi connectivity index (χ3n) is 3.92. The van der Waals surface area contributed by atoms with Crippen LogP contribution in [0.25, 0.3) is 16.8 Å². The van der Waals surface area contributed by atoms with E-state index >= 15 is 0 Å². The molecule has 3 rings (SSSR count). The minimum Gasteiger partial charge on any atom is -0.397 e. The number of nitrogens with one attached hydrogen (secondary N) is 1. The number of nitrogens with two attached hydrogens (primary N) is 1. The second-order valence-corrected chi connectivity index (χ2v) is 5.78. The van der Waals surface area contributed by atoms with E-state index in [1.54, 1.807) is 12.1 Å². The van der Waals surface area contributed by atoms with Crippen molar-refractivity contribution < 1.29 is 4.39 Å². The molecule has 0 bridgehead atoms. The molecule has 0 amide bonds. The van der Waals surface area contributed by atoms with E-state index in [1.165, 1.54) is 17.7 Å². The molecule has 24 heavy (non-hydrogen) atoms. The molecule has 0 radical (unpaired) electrons. The summed E-state index contributed by atoms with van der Waals surface area (Å²) in [4.78, 5) is 0.